The number of carbonyl (C=O) groups excluding carboxylic acids is 5. The molecule has 4 saturated heterocycles. The first-order valence-corrected chi connectivity index (χ1v) is 48.6. The number of alkyl carbamates (subject to hydrolysis) is 2. The van der Waals surface area contributed by atoms with Crippen LogP contribution in [0, 0.1) is 11.8 Å². The van der Waals surface area contributed by atoms with E-state index in [-0.39, 0.29) is 61.1 Å². The fourth-order valence-electron chi connectivity index (χ4n) is 21.5. The molecule has 6 atom stereocenters. The number of nitrogens with zero attached hydrogens (tertiary/aromatic N) is 9. The van der Waals surface area contributed by atoms with Crippen molar-refractivity contribution in [2.24, 2.45) is 26.8 Å². The second-order valence-corrected chi connectivity index (χ2v) is 39.5. The maximum atomic E-state index is 13.7. The van der Waals surface area contributed by atoms with E-state index in [2.05, 4.69) is 121 Å². The van der Waals surface area contributed by atoms with Gasteiger partial charge in [0.1, 0.15) is 35.2 Å². The topological polar surface area (TPSA) is 341 Å². The van der Waals surface area contributed by atoms with E-state index < -0.39 is 29.9 Å². The number of nitrogens with one attached hydrogen (secondary N) is 6. The van der Waals surface area contributed by atoms with Crippen LogP contribution in [0.15, 0.2) is 161 Å². The maximum absolute atomic E-state index is 13.7. The van der Waals surface area contributed by atoms with Crippen LogP contribution < -0.4 is 16.0 Å². The Morgan fingerprint density at radius 2 is 0.800 bits per heavy atom. The predicted molar refractivity (Wildman–Crippen MR) is 523 cm³/mol. The number of aromatic amines is 3. The van der Waals surface area contributed by atoms with Crippen LogP contribution in [-0.4, -0.2) is 178 Å². The smallest absolute Gasteiger partial charge is 0.410 e. The SMILES string of the molecule is C1=C(c2ccc3c(c2)COCc2cc(-c4cnc(C5CCCC5)[nH]4)ccc2-3)CC([C@@H]2CCCN2)=N1.CC(C)(C)OC(=O)N1CCC[C@H]1C1=NC=C(c2ccc(-c3ccc(-c4cnc(C5CCCC5)[nH]4)cc3CO)c(CO)c2)C1.COC(=O)N[C@H](C(=O)N1CCC[C@H]1C1=NC=C(c2ccc3c(c2)COCc2cc(-c4cnc([C@@H]5CCCN5C(=O)[C@@H](NC(=O)OC)C(C)C)[nH]4)ccc2-3)C1)C(C)C. The number of aromatic nitrogens is 6. The lowest BCUT2D eigenvalue weighted by Gasteiger charge is -2.31. The van der Waals surface area contributed by atoms with Crippen LogP contribution >= 0.6 is 0 Å². The Balaban J connectivity index is 0.000000139. The van der Waals surface area contributed by atoms with Crippen molar-refractivity contribution in [3.05, 3.63) is 214 Å². The molecule has 20 rings (SSSR count). The largest absolute Gasteiger partial charge is 0.453 e. The lowest BCUT2D eigenvalue weighted by molar-refractivity contribution is -0.135. The first kappa shape index (κ1) is 93.1. The highest BCUT2D eigenvalue weighted by Gasteiger charge is 2.42. The molecule has 2 saturated carbocycles. The number of imidazole rings is 3. The molecule has 135 heavy (non-hydrogen) atoms. The van der Waals surface area contributed by atoms with E-state index in [0.717, 1.165) is 175 Å². The van der Waals surface area contributed by atoms with E-state index in [1.165, 1.54) is 123 Å². The van der Waals surface area contributed by atoms with E-state index >= 15 is 0 Å². The second-order valence-electron chi connectivity index (χ2n) is 39.5. The van der Waals surface area contributed by atoms with Gasteiger partial charge in [-0.3, -0.25) is 29.5 Å². The van der Waals surface area contributed by atoms with Gasteiger partial charge in [-0.25, -0.2) is 29.3 Å². The number of benzene rings is 6. The summed E-state index contributed by atoms with van der Waals surface area (Å²) in [7, 11) is 2.59. The third-order valence-corrected chi connectivity index (χ3v) is 28.7. The number of H-pyrrole nitrogens is 3. The summed E-state index contributed by atoms with van der Waals surface area (Å²) in [4.78, 5) is 109. The van der Waals surface area contributed by atoms with Crippen LogP contribution in [0.1, 0.15) is 256 Å². The zero-order valence-electron chi connectivity index (χ0n) is 79.1. The molecule has 9 aromatic rings. The number of likely N-dealkylation sites (tertiary alicyclic amines) is 3. The highest BCUT2D eigenvalue weighted by atomic mass is 16.6. The summed E-state index contributed by atoms with van der Waals surface area (Å²) in [6.07, 6.45) is 29.9. The van der Waals surface area contributed by atoms with Crippen LogP contribution in [0.3, 0.4) is 0 Å². The van der Waals surface area contributed by atoms with Crippen molar-refractivity contribution in [1.82, 2.24) is 60.6 Å². The number of aliphatic hydroxyl groups is 2. The van der Waals surface area contributed by atoms with Gasteiger partial charge >= 0.3 is 18.3 Å². The summed E-state index contributed by atoms with van der Waals surface area (Å²) in [6, 6.07) is 37.3. The van der Waals surface area contributed by atoms with E-state index in [0.29, 0.717) is 76.8 Å². The van der Waals surface area contributed by atoms with Gasteiger partial charge < -0.3 is 74.6 Å². The average molecular weight is 1830 g/mol. The van der Waals surface area contributed by atoms with Gasteiger partial charge in [-0.05, 0) is 269 Å². The molecular formula is C108H127N15O12. The molecule has 5 amide bonds. The summed E-state index contributed by atoms with van der Waals surface area (Å²) < 4.78 is 27.6. The van der Waals surface area contributed by atoms with Crippen molar-refractivity contribution in [2.45, 2.75) is 264 Å². The molecule has 6 aromatic carbocycles. The molecule has 8 N–H and O–H groups in total. The number of amides is 5. The van der Waals surface area contributed by atoms with Gasteiger partial charge in [0.15, 0.2) is 0 Å². The minimum absolute atomic E-state index is 0.0603. The molecule has 0 spiro atoms. The van der Waals surface area contributed by atoms with Gasteiger partial charge in [-0.2, -0.15) is 0 Å². The van der Waals surface area contributed by atoms with Gasteiger partial charge in [0.05, 0.1) is 108 Å². The first-order chi connectivity index (χ1) is 65.5. The van der Waals surface area contributed by atoms with Gasteiger partial charge in [0, 0.05) is 92.5 Å². The number of aliphatic imine (C=N–C) groups is 3. The molecule has 706 valence electrons. The lowest BCUT2D eigenvalue weighted by atomic mass is 9.90. The Labute approximate surface area is 790 Å². The number of hydrogen-bond acceptors (Lipinski definition) is 19. The number of methoxy groups -OCH3 is 2. The number of rotatable bonds is 21. The van der Waals surface area contributed by atoms with Crippen LogP contribution in [0.4, 0.5) is 14.4 Å². The summed E-state index contributed by atoms with van der Waals surface area (Å²) >= 11 is 0. The Bertz CT molecular complexity index is 6120. The number of aliphatic hydroxyl groups excluding tert-OH is 2. The maximum Gasteiger partial charge on any atom is 0.410 e. The third kappa shape index (κ3) is 20.5. The van der Waals surface area contributed by atoms with E-state index in [1.54, 1.807) is 0 Å². The van der Waals surface area contributed by atoms with Crippen molar-refractivity contribution in [3.8, 4) is 67.2 Å². The standard InChI is InChI=1S/C43H53N7O7.C35H42N4O4.C30H32N4O/c1-24(2)37(47-42(53)55-5)40(51)49-15-7-9-35(49)33-19-28(20-44-33)26-11-13-31-29(17-26)22-57-23-30-18-27(12-14-32(30)31)34-21-45-39(46-34)36-10-8-16-50(36)41(52)38(25(3)4)48-43(54)56-6;1-35(2,3)43-34(42)39-14-6-9-32(39)30-17-25(18-36-30)23-10-12-28(26(15-23)20-40)29-13-11-24(16-27(29)21-41)31-19-37-33(38-31)22-7-4-5-8-22;1-2-5-19(4-1)30-33-16-29(34-30)21-8-10-26-24(13-21)18-35-17-23-12-20(7-9-25(23)26)22-14-28(32-15-22)27-6-3-11-31-27/h11-14,17-18,20-21,24-25,35-38H,7-10,15-16,19,22-23H2,1-6H3,(H,45,46)(H,47,53)(H,48,54);10-13,15-16,18-19,22,32,40-41H,4-9,14,17,20-21H2,1-3H3,(H,37,38);7-10,12-13,15-16,19,27,31H,1-6,11,14,17-18H2,(H,33,34)/t35-,36-,37-,38-;32-;27-/m000/s1. The number of carbonyl (C=O) groups is 5. The Hall–Kier alpha value is -12.3. The minimum Gasteiger partial charge on any atom is -0.453 e. The zero-order valence-corrected chi connectivity index (χ0v) is 79.1. The molecule has 0 bridgehead atoms. The van der Waals surface area contributed by atoms with Crippen molar-refractivity contribution in [3.63, 3.8) is 0 Å². The predicted octanol–water partition coefficient (Wildman–Crippen LogP) is 19.7. The van der Waals surface area contributed by atoms with E-state index in [9.17, 15) is 34.2 Å². The van der Waals surface area contributed by atoms with Crippen molar-refractivity contribution in [1.29, 1.82) is 0 Å². The van der Waals surface area contributed by atoms with Crippen LogP contribution in [-0.2, 0) is 72.9 Å². The summed E-state index contributed by atoms with van der Waals surface area (Å²) in [6.45, 7) is 18.2. The van der Waals surface area contributed by atoms with E-state index in [4.69, 9.17) is 48.6 Å². The Morgan fingerprint density at radius 1 is 0.437 bits per heavy atom. The number of ether oxygens (including phenoxy) is 5. The third-order valence-electron chi connectivity index (χ3n) is 28.7. The highest BCUT2D eigenvalue weighted by molar-refractivity contribution is 6.05. The fourth-order valence-corrected chi connectivity index (χ4v) is 21.5. The van der Waals surface area contributed by atoms with Gasteiger partial charge in [0.2, 0.25) is 11.8 Å². The second kappa shape index (κ2) is 41.1. The molecule has 12 heterocycles. The number of allylic oxidation sites excluding steroid dienone is 3. The summed E-state index contributed by atoms with van der Waals surface area (Å²) in [5.41, 5.74) is 28.4. The summed E-state index contributed by atoms with van der Waals surface area (Å²) in [5.74, 6) is 3.58. The van der Waals surface area contributed by atoms with Gasteiger partial charge in [-0.15, -0.1) is 0 Å². The molecule has 0 radical (unpaired) electrons. The molecule has 27 nitrogen and oxygen atoms in total. The average Bonchev–Trinajstić information content (AvgIpc) is 1.73. The minimum atomic E-state index is -0.696. The molecule has 0 unspecified atom stereocenters. The molecule has 27 heteroatoms. The fraction of sp³-hybridized carbons (Fsp3) is 0.454. The molecule has 3 aromatic heterocycles. The normalized spacial score (nSPS) is 20.3. The molecular weight excluding hydrogens is 1700 g/mol. The first-order valence-electron chi connectivity index (χ1n) is 48.6. The molecule has 11 aliphatic rings. The molecule has 2 aliphatic carbocycles. The number of fused-ring (bicyclic) bond motifs is 6. The molecule has 9 aliphatic heterocycles. The van der Waals surface area contributed by atoms with Gasteiger partial charge in [0.25, 0.3) is 0 Å². The van der Waals surface area contributed by atoms with E-state index in [1.807, 2.05) is 124 Å². The molecule has 6 fully saturated rings. The quantitative estimate of drug-likeness (QED) is 0.0310. The number of hydrogen-bond donors (Lipinski definition) is 8. The Morgan fingerprint density at radius 3 is 1.22 bits per heavy atom. The van der Waals surface area contributed by atoms with Crippen molar-refractivity contribution >= 4 is 63.9 Å². The van der Waals surface area contributed by atoms with Crippen LogP contribution in [0.2, 0.25) is 0 Å². The lowest BCUT2D eigenvalue weighted by Crippen LogP contribution is -2.53. The van der Waals surface area contributed by atoms with Crippen molar-refractivity contribution in [2.75, 3.05) is 40.4 Å². The zero-order chi connectivity index (χ0) is 93.7. The highest BCUT2D eigenvalue weighted by Crippen LogP contribution is 2.45. The van der Waals surface area contributed by atoms with Crippen molar-refractivity contribution < 1.29 is 57.9 Å². The monoisotopic (exact) mass is 1830 g/mol. The summed E-state index contributed by atoms with van der Waals surface area (Å²) in [5, 5.41) is 29.7. The van der Waals surface area contributed by atoms with Crippen LogP contribution in [0.5, 0.6) is 0 Å². The van der Waals surface area contributed by atoms with Gasteiger partial charge in [-0.1, -0.05) is 126 Å². The Kier molecular flexibility index (Phi) is 28.4. The van der Waals surface area contributed by atoms with Crippen LogP contribution in [0.25, 0.3) is 83.9 Å².